The zero-order valence-corrected chi connectivity index (χ0v) is 10.8. The number of thiazole rings is 1. The molecule has 1 heterocycles. The summed E-state index contributed by atoms with van der Waals surface area (Å²) in [6.07, 6.45) is 0. The van der Waals surface area contributed by atoms with Crippen LogP contribution in [0.15, 0.2) is 48.0 Å². The zero-order valence-electron chi connectivity index (χ0n) is 10.00. The number of hydrogen-bond donors (Lipinski definition) is 1. The third-order valence-corrected chi connectivity index (χ3v) is 3.82. The van der Waals surface area contributed by atoms with E-state index in [4.69, 9.17) is 5.73 Å². The van der Waals surface area contributed by atoms with Crippen LogP contribution in [0.5, 0.6) is 0 Å². The summed E-state index contributed by atoms with van der Waals surface area (Å²) in [7, 11) is 2.01. The summed E-state index contributed by atoms with van der Waals surface area (Å²) in [5.41, 5.74) is 11.8. The molecule has 0 spiro atoms. The van der Waals surface area contributed by atoms with E-state index in [1.54, 1.807) is 11.3 Å². The highest BCUT2D eigenvalue weighted by atomic mass is 32.1. The van der Waals surface area contributed by atoms with Gasteiger partial charge in [-0.3, -0.25) is 0 Å². The molecule has 90 valence electrons. The average Bonchev–Trinajstić information content (AvgIpc) is 2.89. The van der Waals surface area contributed by atoms with Crippen molar-refractivity contribution in [3.8, 4) is 0 Å². The van der Waals surface area contributed by atoms with Gasteiger partial charge in [-0.05, 0) is 24.3 Å². The summed E-state index contributed by atoms with van der Waals surface area (Å²) in [5.74, 6) is 0. The van der Waals surface area contributed by atoms with Crippen LogP contribution in [-0.2, 0) is 0 Å². The lowest BCUT2D eigenvalue weighted by atomic mass is 10.2. The van der Waals surface area contributed by atoms with Crippen LogP contribution in [0.4, 0.5) is 17.1 Å². The van der Waals surface area contributed by atoms with E-state index in [-0.39, 0.29) is 0 Å². The van der Waals surface area contributed by atoms with E-state index >= 15 is 0 Å². The van der Waals surface area contributed by atoms with Crippen LogP contribution in [0.2, 0.25) is 0 Å². The molecule has 3 rings (SSSR count). The smallest absolute Gasteiger partial charge is 0.106 e. The molecule has 2 N–H and O–H groups in total. The van der Waals surface area contributed by atoms with Gasteiger partial charge in [-0.25, -0.2) is 4.98 Å². The van der Waals surface area contributed by atoms with Crippen LogP contribution < -0.4 is 10.6 Å². The second kappa shape index (κ2) is 4.31. The van der Waals surface area contributed by atoms with Gasteiger partial charge in [0.05, 0.1) is 21.6 Å². The molecule has 18 heavy (non-hydrogen) atoms. The Balaban J connectivity index is 2.11. The van der Waals surface area contributed by atoms with Crippen molar-refractivity contribution in [2.45, 2.75) is 0 Å². The first kappa shape index (κ1) is 11.0. The lowest BCUT2D eigenvalue weighted by molar-refractivity contribution is 1.21. The fourth-order valence-electron chi connectivity index (χ4n) is 2.02. The summed E-state index contributed by atoms with van der Waals surface area (Å²) in [5, 5.41) is 0. The third-order valence-electron chi connectivity index (χ3n) is 3.02. The maximum atomic E-state index is 6.20. The average molecular weight is 255 g/mol. The molecule has 0 atom stereocenters. The number of rotatable bonds is 2. The predicted molar refractivity (Wildman–Crippen MR) is 78.5 cm³/mol. The largest absolute Gasteiger partial charge is 0.395 e. The highest BCUT2D eigenvalue weighted by Crippen LogP contribution is 2.34. The number of nitrogen functional groups attached to an aromatic ring is 1. The number of aromatic nitrogens is 1. The molecule has 0 radical (unpaired) electrons. The second-order valence-corrected chi connectivity index (χ2v) is 4.98. The monoisotopic (exact) mass is 255 g/mol. The first-order valence-electron chi connectivity index (χ1n) is 5.68. The first-order chi connectivity index (χ1) is 8.77. The van der Waals surface area contributed by atoms with Crippen molar-refractivity contribution in [3.05, 3.63) is 48.0 Å². The van der Waals surface area contributed by atoms with E-state index in [1.807, 2.05) is 36.8 Å². The molecule has 3 nitrogen and oxygen atoms in total. The van der Waals surface area contributed by atoms with E-state index in [2.05, 4.69) is 28.1 Å². The van der Waals surface area contributed by atoms with E-state index in [0.717, 1.165) is 27.3 Å². The maximum absolute atomic E-state index is 6.20. The van der Waals surface area contributed by atoms with E-state index < -0.39 is 0 Å². The van der Waals surface area contributed by atoms with Gasteiger partial charge in [0.1, 0.15) is 5.52 Å². The number of fused-ring (bicyclic) bond motifs is 1. The number of nitrogens with two attached hydrogens (primary N) is 1. The van der Waals surface area contributed by atoms with Gasteiger partial charge in [0.2, 0.25) is 0 Å². The van der Waals surface area contributed by atoms with E-state index in [1.165, 1.54) is 0 Å². The Morgan fingerprint density at radius 1 is 1.11 bits per heavy atom. The topological polar surface area (TPSA) is 42.2 Å². The highest BCUT2D eigenvalue weighted by molar-refractivity contribution is 7.16. The quantitative estimate of drug-likeness (QED) is 0.711. The molecule has 0 aliphatic heterocycles. The molecule has 0 unspecified atom stereocenters. The third kappa shape index (κ3) is 1.71. The molecule has 4 heteroatoms. The molecule has 1 aromatic heterocycles. The van der Waals surface area contributed by atoms with Gasteiger partial charge >= 0.3 is 0 Å². The zero-order chi connectivity index (χ0) is 12.5. The summed E-state index contributed by atoms with van der Waals surface area (Å²) < 4.78 is 1.12. The molecule has 0 aliphatic carbocycles. The Morgan fingerprint density at radius 2 is 1.89 bits per heavy atom. The Hall–Kier alpha value is -2.07. The van der Waals surface area contributed by atoms with Gasteiger partial charge < -0.3 is 10.6 Å². The van der Waals surface area contributed by atoms with Crippen molar-refractivity contribution in [2.24, 2.45) is 0 Å². The van der Waals surface area contributed by atoms with Crippen LogP contribution in [0.1, 0.15) is 0 Å². The summed E-state index contributed by atoms with van der Waals surface area (Å²) in [6, 6.07) is 14.3. The predicted octanol–water partition coefficient (Wildman–Crippen LogP) is 3.65. The van der Waals surface area contributed by atoms with Crippen LogP contribution in [0, 0.1) is 0 Å². The standard InChI is InChI=1S/C14H13N3S/c1-17(10-5-3-2-4-6-10)11-7-8-12-14(13(11)15)16-9-18-12/h2-9H,15H2,1H3. The number of anilines is 3. The van der Waals surface area contributed by atoms with Gasteiger partial charge in [0.15, 0.2) is 0 Å². The fraction of sp³-hybridized carbons (Fsp3) is 0.0714. The van der Waals surface area contributed by atoms with Gasteiger partial charge in [0.25, 0.3) is 0 Å². The maximum Gasteiger partial charge on any atom is 0.106 e. The van der Waals surface area contributed by atoms with Crippen LogP contribution in [0.3, 0.4) is 0 Å². The lowest BCUT2D eigenvalue weighted by Gasteiger charge is -2.21. The normalized spacial score (nSPS) is 10.7. The van der Waals surface area contributed by atoms with Gasteiger partial charge in [-0.1, -0.05) is 18.2 Å². The lowest BCUT2D eigenvalue weighted by Crippen LogP contribution is -2.11. The molecule has 0 saturated carbocycles. The van der Waals surface area contributed by atoms with Crippen molar-refractivity contribution in [2.75, 3.05) is 17.7 Å². The van der Waals surface area contributed by atoms with Crippen molar-refractivity contribution in [1.29, 1.82) is 0 Å². The molecule has 0 amide bonds. The molecule has 0 fully saturated rings. The van der Waals surface area contributed by atoms with E-state index in [0.29, 0.717) is 0 Å². The minimum absolute atomic E-state index is 0.736. The molecule has 0 bridgehead atoms. The second-order valence-electron chi connectivity index (χ2n) is 4.09. The van der Waals surface area contributed by atoms with Gasteiger partial charge in [-0.2, -0.15) is 0 Å². The van der Waals surface area contributed by atoms with Gasteiger partial charge in [0, 0.05) is 12.7 Å². The number of nitrogens with zero attached hydrogens (tertiary/aromatic N) is 2. The fourth-order valence-corrected chi connectivity index (χ4v) is 2.72. The highest BCUT2D eigenvalue weighted by Gasteiger charge is 2.11. The molecule has 3 aromatic rings. The van der Waals surface area contributed by atoms with Crippen molar-refractivity contribution in [1.82, 2.24) is 4.98 Å². The SMILES string of the molecule is CN(c1ccccc1)c1ccc2scnc2c1N. The molecule has 0 saturated heterocycles. The molecule has 0 aliphatic rings. The molecule has 2 aromatic carbocycles. The Labute approximate surface area is 109 Å². The van der Waals surface area contributed by atoms with Crippen molar-refractivity contribution >= 4 is 38.6 Å². The molecular weight excluding hydrogens is 242 g/mol. The summed E-state index contributed by atoms with van der Waals surface area (Å²) >= 11 is 1.61. The number of para-hydroxylation sites is 1. The van der Waals surface area contributed by atoms with Crippen LogP contribution in [-0.4, -0.2) is 12.0 Å². The Kier molecular flexibility index (Phi) is 2.64. The van der Waals surface area contributed by atoms with Crippen molar-refractivity contribution in [3.63, 3.8) is 0 Å². The molecular formula is C14H13N3S. The van der Waals surface area contributed by atoms with E-state index in [9.17, 15) is 0 Å². The van der Waals surface area contributed by atoms with Crippen LogP contribution in [0.25, 0.3) is 10.2 Å². The number of hydrogen-bond acceptors (Lipinski definition) is 4. The Bertz CT molecular complexity index is 676. The first-order valence-corrected chi connectivity index (χ1v) is 6.56. The summed E-state index contributed by atoms with van der Waals surface area (Å²) in [6.45, 7) is 0. The Morgan fingerprint density at radius 3 is 2.67 bits per heavy atom. The van der Waals surface area contributed by atoms with Crippen LogP contribution >= 0.6 is 11.3 Å². The number of benzene rings is 2. The minimum Gasteiger partial charge on any atom is -0.395 e. The van der Waals surface area contributed by atoms with Gasteiger partial charge in [-0.15, -0.1) is 11.3 Å². The van der Waals surface area contributed by atoms with Crippen molar-refractivity contribution < 1.29 is 0 Å². The minimum atomic E-state index is 0.736. The summed E-state index contributed by atoms with van der Waals surface area (Å²) in [4.78, 5) is 6.40.